The molecule has 2 aliphatic rings. The summed E-state index contributed by atoms with van der Waals surface area (Å²) in [5.74, 6) is 0.791. The highest BCUT2D eigenvalue weighted by molar-refractivity contribution is 7.15. The molecule has 5 rings (SSSR count). The standard InChI is InChI=1S/C21H20FN7OS/c1-29(15-7-12-3-5-14(26-12)20(15)22)18-10-25-21(28-27-18)13-4-2-11(6-16(13)30)17-9-24-19(8-23)31-17/h2,4,6,9-10,12,14-15,20,26,30H,3,5,7H2,1H3/t12-,14+,15+,20-/m0/s1. The second-order valence-corrected chi connectivity index (χ2v) is 8.95. The number of thiazole rings is 1. The summed E-state index contributed by atoms with van der Waals surface area (Å²) in [7, 11) is 1.82. The molecule has 2 aromatic heterocycles. The van der Waals surface area contributed by atoms with Crippen molar-refractivity contribution in [3.63, 3.8) is 0 Å². The van der Waals surface area contributed by atoms with E-state index in [4.69, 9.17) is 5.26 Å². The SMILES string of the molecule is CN(c1cnc(-c2ccc(-c3cnc(C#N)s3)cc2O)nn1)[C@@H]1C[C@@H]2CC[C@@H](N2)[C@@H]1F. The Morgan fingerprint density at radius 2 is 2.13 bits per heavy atom. The number of aromatic nitrogens is 4. The normalized spacial score (nSPS) is 24.7. The minimum Gasteiger partial charge on any atom is -0.507 e. The summed E-state index contributed by atoms with van der Waals surface area (Å²) in [6, 6.07) is 7.11. The van der Waals surface area contributed by atoms with Crippen LogP contribution in [0.1, 0.15) is 24.3 Å². The van der Waals surface area contributed by atoms with Gasteiger partial charge in [-0.05, 0) is 37.0 Å². The quantitative estimate of drug-likeness (QED) is 0.641. The van der Waals surface area contributed by atoms with Gasteiger partial charge in [-0.3, -0.25) is 0 Å². The molecule has 0 amide bonds. The highest BCUT2D eigenvalue weighted by Crippen LogP contribution is 2.35. The van der Waals surface area contributed by atoms with Crippen LogP contribution >= 0.6 is 11.3 Å². The molecule has 158 valence electrons. The van der Waals surface area contributed by atoms with Crippen molar-refractivity contribution in [2.24, 2.45) is 0 Å². The second-order valence-electron chi connectivity index (χ2n) is 7.92. The lowest BCUT2D eigenvalue weighted by Gasteiger charge is -2.38. The predicted molar refractivity (Wildman–Crippen MR) is 114 cm³/mol. The fraction of sp³-hybridized carbons (Fsp3) is 0.381. The van der Waals surface area contributed by atoms with E-state index in [1.165, 1.54) is 11.3 Å². The maximum Gasteiger partial charge on any atom is 0.194 e. The van der Waals surface area contributed by atoms with Crippen molar-refractivity contribution < 1.29 is 9.50 Å². The Labute approximate surface area is 182 Å². The summed E-state index contributed by atoms with van der Waals surface area (Å²) < 4.78 is 14.8. The van der Waals surface area contributed by atoms with Gasteiger partial charge in [0.1, 0.15) is 18.0 Å². The molecule has 1 aromatic carbocycles. The molecule has 31 heavy (non-hydrogen) atoms. The summed E-state index contributed by atoms with van der Waals surface area (Å²) in [4.78, 5) is 11.0. The van der Waals surface area contributed by atoms with E-state index in [9.17, 15) is 9.50 Å². The molecule has 0 aliphatic carbocycles. The van der Waals surface area contributed by atoms with Gasteiger partial charge < -0.3 is 15.3 Å². The number of fused-ring (bicyclic) bond motifs is 2. The van der Waals surface area contributed by atoms with Crippen LogP contribution in [-0.2, 0) is 0 Å². The Morgan fingerprint density at radius 1 is 1.26 bits per heavy atom. The van der Waals surface area contributed by atoms with Crippen molar-refractivity contribution in [3.8, 4) is 33.6 Å². The van der Waals surface area contributed by atoms with Gasteiger partial charge in [0, 0.05) is 25.3 Å². The largest absolute Gasteiger partial charge is 0.507 e. The fourth-order valence-corrected chi connectivity index (χ4v) is 5.12. The number of phenolic OH excluding ortho intramolecular Hbond substituents is 1. The van der Waals surface area contributed by atoms with Crippen LogP contribution in [0.5, 0.6) is 5.75 Å². The molecule has 4 atom stereocenters. The van der Waals surface area contributed by atoms with E-state index in [1.807, 2.05) is 24.1 Å². The number of alkyl halides is 1. The predicted octanol–water partition coefficient (Wildman–Crippen LogP) is 2.91. The van der Waals surface area contributed by atoms with Crippen LogP contribution in [-0.4, -0.2) is 56.6 Å². The minimum atomic E-state index is -0.963. The van der Waals surface area contributed by atoms with Gasteiger partial charge in [0.05, 0.1) is 22.7 Å². The molecule has 8 nitrogen and oxygen atoms in total. The molecule has 0 unspecified atom stereocenters. The average molecular weight is 438 g/mol. The number of hydrogen-bond acceptors (Lipinski definition) is 9. The van der Waals surface area contributed by atoms with Crippen molar-refractivity contribution in [1.82, 2.24) is 25.5 Å². The van der Waals surface area contributed by atoms with Gasteiger partial charge in [-0.15, -0.1) is 21.5 Å². The number of nitrogens with zero attached hydrogens (tertiary/aromatic N) is 6. The van der Waals surface area contributed by atoms with E-state index in [0.717, 1.165) is 29.7 Å². The number of aromatic hydroxyl groups is 1. The first-order valence-electron chi connectivity index (χ1n) is 10.1. The Kier molecular flexibility index (Phi) is 5.00. The molecule has 2 fully saturated rings. The van der Waals surface area contributed by atoms with Gasteiger partial charge in [-0.2, -0.15) is 5.26 Å². The Balaban J connectivity index is 1.35. The maximum absolute atomic E-state index is 14.8. The Morgan fingerprint density at radius 3 is 2.84 bits per heavy atom. The van der Waals surface area contributed by atoms with Gasteiger partial charge in [0.25, 0.3) is 0 Å². The summed E-state index contributed by atoms with van der Waals surface area (Å²) >= 11 is 1.25. The number of nitrogens with one attached hydrogen (secondary N) is 1. The third-order valence-corrected chi connectivity index (χ3v) is 7.04. The van der Waals surface area contributed by atoms with Gasteiger partial charge in [0.15, 0.2) is 16.6 Å². The lowest BCUT2D eigenvalue weighted by molar-refractivity contribution is 0.176. The number of halogens is 1. The number of benzene rings is 1. The highest BCUT2D eigenvalue weighted by atomic mass is 32.1. The number of anilines is 1. The van der Waals surface area contributed by atoms with Gasteiger partial charge in [-0.25, -0.2) is 14.4 Å². The van der Waals surface area contributed by atoms with Gasteiger partial charge >= 0.3 is 0 Å². The zero-order chi connectivity index (χ0) is 21.5. The van der Waals surface area contributed by atoms with E-state index in [2.05, 4.69) is 25.5 Å². The molecule has 2 N–H and O–H groups in total. The molecule has 0 spiro atoms. The van der Waals surface area contributed by atoms with Crippen LogP contribution in [0.3, 0.4) is 0 Å². The first-order chi connectivity index (χ1) is 15.0. The molecule has 4 heterocycles. The van der Waals surface area contributed by atoms with Crippen LogP contribution < -0.4 is 10.2 Å². The third kappa shape index (κ3) is 3.60. The van der Waals surface area contributed by atoms with E-state index >= 15 is 0 Å². The number of rotatable bonds is 4. The van der Waals surface area contributed by atoms with Crippen LogP contribution in [0.4, 0.5) is 10.2 Å². The van der Waals surface area contributed by atoms with Crippen molar-refractivity contribution in [2.45, 2.75) is 43.6 Å². The lowest BCUT2D eigenvalue weighted by atomic mass is 9.96. The first-order valence-corrected chi connectivity index (χ1v) is 10.9. The number of hydrogen-bond donors (Lipinski definition) is 2. The molecular formula is C21H20FN7OS. The number of nitriles is 1. The number of phenols is 1. The van der Waals surface area contributed by atoms with Crippen LogP contribution in [0, 0.1) is 11.3 Å². The van der Waals surface area contributed by atoms with Crippen LogP contribution in [0.2, 0.25) is 0 Å². The van der Waals surface area contributed by atoms with Crippen molar-refractivity contribution in [2.75, 3.05) is 11.9 Å². The monoisotopic (exact) mass is 437 g/mol. The zero-order valence-corrected chi connectivity index (χ0v) is 17.6. The van der Waals surface area contributed by atoms with Crippen LogP contribution in [0.15, 0.2) is 30.6 Å². The van der Waals surface area contributed by atoms with Crippen molar-refractivity contribution in [1.29, 1.82) is 5.26 Å². The second kappa shape index (κ2) is 7.83. The first kappa shape index (κ1) is 19.8. The molecule has 3 aromatic rings. The molecule has 2 bridgehead atoms. The topological polar surface area (TPSA) is 111 Å². The van der Waals surface area contributed by atoms with E-state index in [1.54, 1.807) is 24.5 Å². The van der Waals surface area contributed by atoms with Gasteiger partial charge in [0.2, 0.25) is 0 Å². The Hall–Kier alpha value is -3.16. The summed E-state index contributed by atoms with van der Waals surface area (Å²) in [6.45, 7) is 0. The smallest absolute Gasteiger partial charge is 0.194 e. The van der Waals surface area contributed by atoms with Crippen molar-refractivity contribution >= 4 is 17.2 Å². The highest BCUT2D eigenvalue weighted by Gasteiger charge is 2.43. The summed E-state index contributed by atoms with van der Waals surface area (Å²) in [5.41, 5.74) is 1.19. The van der Waals surface area contributed by atoms with E-state index in [0.29, 0.717) is 22.4 Å². The third-order valence-electron chi connectivity index (χ3n) is 6.09. The van der Waals surface area contributed by atoms with Crippen molar-refractivity contribution in [3.05, 3.63) is 35.6 Å². The van der Waals surface area contributed by atoms with Gasteiger partial charge in [-0.1, -0.05) is 6.07 Å². The van der Waals surface area contributed by atoms with Crippen LogP contribution in [0.25, 0.3) is 21.8 Å². The molecule has 0 radical (unpaired) electrons. The minimum absolute atomic E-state index is 0.00562. The lowest BCUT2D eigenvalue weighted by Crippen LogP contribution is -2.55. The average Bonchev–Trinajstić information content (AvgIpc) is 3.43. The van der Waals surface area contributed by atoms with E-state index in [-0.39, 0.29) is 23.7 Å². The summed E-state index contributed by atoms with van der Waals surface area (Å²) in [5, 5.41) is 31.5. The summed E-state index contributed by atoms with van der Waals surface area (Å²) in [6.07, 6.45) is 4.81. The zero-order valence-electron chi connectivity index (χ0n) is 16.7. The number of piperidine rings is 1. The molecular weight excluding hydrogens is 417 g/mol. The fourth-order valence-electron chi connectivity index (χ4n) is 4.41. The molecule has 2 aliphatic heterocycles. The Bertz CT molecular complexity index is 1150. The molecule has 0 saturated carbocycles. The maximum atomic E-state index is 14.8. The molecule has 10 heteroatoms. The molecule has 2 saturated heterocycles. The van der Waals surface area contributed by atoms with E-state index < -0.39 is 6.17 Å².